The summed E-state index contributed by atoms with van der Waals surface area (Å²) in [6.45, 7) is 6.81. The third-order valence-corrected chi connectivity index (χ3v) is 3.44. The zero-order valence-electron chi connectivity index (χ0n) is 13.1. The summed E-state index contributed by atoms with van der Waals surface area (Å²) in [6.07, 6.45) is 3.04. The Balaban J connectivity index is 0.000000924. The second-order valence-corrected chi connectivity index (χ2v) is 5.37. The number of nitrogens with zero attached hydrogens (tertiary/aromatic N) is 4. The van der Waals surface area contributed by atoms with Gasteiger partial charge in [0.2, 0.25) is 11.9 Å². The Labute approximate surface area is 143 Å². The highest BCUT2D eigenvalue weighted by Gasteiger charge is 2.14. The van der Waals surface area contributed by atoms with Gasteiger partial charge in [-0.05, 0) is 28.1 Å². The molecule has 0 saturated carbocycles. The molecule has 1 N–H and O–H groups in total. The largest absolute Gasteiger partial charge is 0.378 e. The summed E-state index contributed by atoms with van der Waals surface area (Å²) in [5.41, 5.74) is 0.260. The Morgan fingerprint density at radius 1 is 1.26 bits per heavy atom. The highest BCUT2D eigenvalue weighted by molar-refractivity contribution is 9.10. The van der Waals surface area contributed by atoms with Crippen LogP contribution in [0, 0.1) is 5.95 Å². The number of halogens is 2. The fraction of sp³-hybridized carbons (Fsp3) is 0.400. The molecule has 1 fully saturated rings. The minimum atomic E-state index is -0.579. The summed E-state index contributed by atoms with van der Waals surface area (Å²) < 4.78 is 19.6. The van der Waals surface area contributed by atoms with Gasteiger partial charge in [-0.1, -0.05) is 13.8 Å². The van der Waals surface area contributed by atoms with Gasteiger partial charge < -0.3 is 15.0 Å². The maximum absolute atomic E-state index is 13.6. The fourth-order valence-electron chi connectivity index (χ4n) is 1.98. The third kappa shape index (κ3) is 4.84. The van der Waals surface area contributed by atoms with Crippen molar-refractivity contribution < 1.29 is 9.13 Å². The van der Waals surface area contributed by atoms with Crippen LogP contribution in [-0.4, -0.2) is 41.3 Å². The number of nitrogens with one attached hydrogen (secondary N) is 1. The lowest BCUT2D eigenvalue weighted by Gasteiger charge is -2.26. The molecule has 3 rings (SSSR count). The van der Waals surface area contributed by atoms with Gasteiger partial charge in [0.05, 0.1) is 18.9 Å². The van der Waals surface area contributed by atoms with Crippen molar-refractivity contribution >= 4 is 33.4 Å². The summed E-state index contributed by atoms with van der Waals surface area (Å²) in [5, 5.41) is 2.92. The molecule has 1 aliphatic rings. The SMILES string of the molecule is CC.Fc1ncc(Br)cc1Nc1ccnc(N2CCOCC2)n1. The van der Waals surface area contributed by atoms with E-state index in [2.05, 4.69) is 36.2 Å². The summed E-state index contributed by atoms with van der Waals surface area (Å²) >= 11 is 3.26. The zero-order chi connectivity index (χ0) is 16.7. The second kappa shape index (κ2) is 8.73. The zero-order valence-corrected chi connectivity index (χ0v) is 14.7. The lowest BCUT2D eigenvalue weighted by atomic mass is 10.4. The van der Waals surface area contributed by atoms with Crippen LogP contribution < -0.4 is 10.2 Å². The van der Waals surface area contributed by atoms with Crippen LogP contribution in [0.2, 0.25) is 0 Å². The van der Waals surface area contributed by atoms with Gasteiger partial charge in [-0.3, -0.25) is 0 Å². The van der Waals surface area contributed by atoms with Crippen LogP contribution in [0.4, 0.5) is 21.8 Å². The second-order valence-electron chi connectivity index (χ2n) is 4.46. The van der Waals surface area contributed by atoms with E-state index in [1.165, 1.54) is 6.20 Å². The molecule has 23 heavy (non-hydrogen) atoms. The Bertz CT molecular complexity index is 637. The molecule has 2 aromatic rings. The standard InChI is InChI=1S/C13H13BrFN5O.C2H6/c14-9-7-10(12(15)17-8-9)18-11-1-2-16-13(19-11)20-3-5-21-6-4-20;1-2/h1-2,7-8H,3-6H2,(H,16,18,19);1-2H3. The normalized spacial score (nSPS) is 14.0. The van der Waals surface area contributed by atoms with Crippen molar-refractivity contribution in [2.45, 2.75) is 13.8 Å². The summed E-state index contributed by atoms with van der Waals surface area (Å²) in [5.74, 6) is 0.543. The number of anilines is 3. The molecule has 1 saturated heterocycles. The summed E-state index contributed by atoms with van der Waals surface area (Å²) in [6, 6.07) is 3.29. The van der Waals surface area contributed by atoms with Gasteiger partial charge in [-0.25, -0.2) is 9.97 Å². The van der Waals surface area contributed by atoms with Crippen LogP contribution >= 0.6 is 15.9 Å². The molecule has 0 unspecified atom stereocenters. The fourth-order valence-corrected chi connectivity index (χ4v) is 2.31. The first-order valence-corrected chi connectivity index (χ1v) is 8.25. The number of rotatable bonds is 3. The van der Waals surface area contributed by atoms with E-state index in [1.54, 1.807) is 18.3 Å². The lowest BCUT2D eigenvalue weighted by Crippen LogP contribution is -2.37. The molecule has 0 spiro atoms. The van der Waals surface area contributed by atoms with E-state index in [0.717, 1.165) is 13.1 Å². The smallest absolute Gasteiger partial charge is 0.236 e. The van der Waals surface area contributed by atoms with Gasteiger partial charge in [0, 0.05) is 30.0 Å². The molecule has 0 radical (unpaired) electrons. The maximum Gasteiger partial charge on any atom is 0.236 e. The van der Waals surface area contributed by atoms with Gasteiger partial charge in [0.15, 0.2) is 0 Å². The average Bonchev–Trinajstić information content (AvgIpc) is 2.61. The van der Waals surface area contributed by atoms with E-state index >= 15 is 0 Å². The average molecular weight is 384 g/mol. The highest BCUT2D eigenvalue weighted by atomic mass is 79.9. The molecule has 0 amide bonds. The van der Waals surface area contributed by atoms with E-state index in [4.69, 9.17) is 4.74 Å². The summed E-state index contributed by atoms with van der Waals surface area (Å²) in [7, 11) is 0. The molecular weight excluding hydrogens is 365 g/mol. The number of ether oxygens (including phenoxy) is 1. The van der Waals surface area contributed by atoms with Gasteiger partial charge in [-0.15, -0.1) is 0 Å². The van der Waals surface area contributed by atoms with E-state index in [-0.39, 0.29) is 5.69 Å². The van der Waals surface area contributed by atoms with Crippen molar-refractivity contribution in [3.8, 4) is 0 Å². The van der Waals surface area contributed by atoms with Crippen LogP contribution in [0.5, 0.6) is 0 Å². The molecule has 0 atom stereocenters. The van der Waals surface area contributed by atoms with Gasteiger partial charge in [0.25, 0.3) is 0 Å². The lowest BCUT2D eigenvalue weighted by molar-refractivity contribution is 0.122. The first-order chi connectivity index (χ1) is 11.2. The van der Waals surface area contributed by atoms with Gasteiger partial charge in [0.1, 0.15) is 5.82 Å². The van der Waals surface area contributed by atoms with E-state index in [0.29, 0.717) is 29.5 Å². The Morgan fingerprint density at radius 2 is 2.00 bits per heavy atom. The van der Waals surface area contributed by atoms with E-state index in [1.807, 2.05) is 18.7 Å². The molecule has 8 heteroatoms. The van der Waals surface area contributed by atoms with Gasteiger partial charge >= 0.3 is 0 Å². The molecule has 0 aliphatic carbocycles. The van der Waals surface area contributed by atoms with Crippen LogP contribution in [0.15, 0.2) is 29.0 Å². The van der Waals surface area contributed by atoms with Crippen LogP contribution in [0.3, 0.4) is 0 Å². The van der Waals surface area contributed by atoms with Crippen molar-refractivity contribution in [3.63, 3.8) is 0 Å². The van der Waals surface area contributed by atoms with Crippen molar-refractivity contribution in [2.75, 3.05) is 36.5 Å². The molecule has 6 nitrogen and oxygen atoms in total. The van der Waals surface area contributed by atoms with Crippen LogP contribution in [-0.2, 0) is 4.74 Å². The Kier molecular flexibility index (Phi) is 6.66. The highest BCUT2D eigenvalue weighted by Crippen LogP contribution is 2.22. The quantitative estimate of drug-likeness (QED) is 0.819. The predicted octanol–water partition coefficient (Wildman–Crippen LogP) is 3.38. The topological polar surface area (TPSA) is 63.2 Å². The Morgan fingerprint density at radius 3 is 2.74 bits per heavy atom. The van der Waals surface area contributed by atoms with Crippen molar-refractivity contribution in [2.24, 2.45) is 0 Å². The number of hydrogen-bond acceptors (Lipinski definition) is 6. The monoisotopic (exact) mass is 383 g/mol. The van der Waals surface area contributed by atoms with Crippen molar-refractivity contribution in [1.82, 2.24) is 15.0 Å². The molecular formula is C15H19BrFN5O. The number of hydrogen-bond donors (Lipinski definition) is 1. The molecule has 1 aliphatic heterocycles. The van der Waals surface area contributed by atoms with Crippen molar-refractivity contribution in [3.05, 3.63) is 34.9 Å². The first kappa shape index (κ1) is 17.6. The third-order valence-electron chi connectivity index (χ3n) is 3.01. The minimum absolute atomic E-state index is 0.260. The molecule has 3 heterocycles. The number of morpholine rings is 1. The number of pyridine rings is 1. The molecule has 124 valence electrons. The molecule has 0 aromatic carbocycles. The Hall–Kier alpha value is -1.80. The van der Waals surface area contributed by atoms with E-state index < -0.39 is 5.95 Å². The van der Waals surface area contributed by atoms with Crippen molar-refractivity contribution in [1.29, 1.82) is 0 Å². The van der Waals surface area contributed by atoms with Crippen LogP contribution in [0.1, 0.15) is 13.8 Å². The summed E-state index contributed by atoms with van der Waals surface area (Å²) in [4.78, 5) is 14.3. The molecule has 0 bridgehead atoms. The first-order valence-electron chi connectivity index (χ1n) is 7.46. The predicted molar refractivity (Wildman–Crippen MR) is 91.6 cm³/mol. The van der Waals surface area contributed by atoms with Crippen LogP contribution in [0.25, 0.3) is 0 Å². The number of aromatic nitrogens is 3. The minimum Gasteiger partial charge on any atom is -0.378 e. The van der Waals surface area contributed by atoms with E-state index in [9.17, 15) is 4.39 Å². The van der Waals surface area contributed by atoms with Gasteiger partial charge in [-0.2, -0.15) is 9.37 Å². The molecule has 2 aromatic heterocycles. The maximum atomic E-state index is 13.6.